The van der Waals surface area contributed by atoms with Gasteiger partial charge in [0.15, 0.2) is 5.72 Å². The Hall–Kier alpha value is -1.05. The molecule has 0 aromatic heterocycles. The van der Waals surface area contributed by atoms with Gasteiger partial charge in [0.05, 0.1) is 12.2 Å². The summed E-state index contributed by atoms with van der Waals surface area (Å²) in [5.74, 6) is -2.76. The third-order valence-electron chi connectivity index (χ3n) is 4.59. The molecular formula is C12H21N3O9. The summed E-state index contributed by atoms with van der Waals surface area (Å²) in [5.41, 5.74) is 5.91. The molecule has 138 valence electrons. The zero-order valence-corrected chi connectivity index (χ0v) is 12.9. The number of aliphatic hydroxyl groups is 7. The Bertz CT molecular complexity index is 532. The van der Waals surface area contributed by atoms with Crippen LogP contribution in [-0.2, 0) is 9.47 Å². The van der Waals surface area contributed by atoms with E-state index in [2.05, 4.69) is 10.0 Å². The molecule has 2 unspecified atom stereocenters. The highest BCUT2D eigenvalue weighted by Crippen LogP contribution is 2.41. The maximum absolute atomic E-state index is 10.6. The molecule has 0 bridgehead atoms. The van der Waals surface area contributed by atoms with Crippen LogP contribution in [0, 0.1) is 0 Å². The Balaban J connectivity index is 2.38. The predicted molar refractivity (Wildman–Crippen MR) is 74.0 cm³/mol. The molecule has 2 fully saturated rings. The number of aliphatic hydroxyl groups excluding tert-OH is 5. The first-order valence-electron chi connectivity index (χ1n) is 7.25. The van der Waals surface area contributed by atoms with E-state index < -0.39 is 60.3 Å². The van der Waals surface area contributed by atoms with E-state index in [1.165, 1.54) is 6.92 Å². The molecule has 0 aromatic rings. The maximum Gasteiger partial charge on any atom is 0.225 e. The van der Waals surface area contributed by atoms with Crippen LogP contribution in [0.15, 0.2) is 5.11 Å². The summed E-state index contributed by atoms with van der Waals surface area (Å²) >= 11 is 0. The number of hydrogen-bond acceptors (Lipinski definition) is 10. The van der Waals surface area contributed by atoms with Crippen molar-refractivity contribution in [1.82, 2.24) is 0 Å². The fourth-order valence-corrected chi connectivity index (χ4v) is 2.98. The molecule has 12 heteroatoms. The van der Waals surface area contributed by atoms with Gasteiger partial charge in [-0.25, -0.2) is 0 Å². The lowest BCUT2D eigenvalue weighted by Crippen LogP contribution is -2.76. The van der Waals surface area contributed by atoms with Gasteiger partial charge < -0.3 is 45.2 Å². The Morgan fingerprint density at radius 3 is 2.08 bits per heavy atom. The van der Waals surface area contributed by atoms with Crippen LogP contribution in [0.25, 0.3) is 10.4 Å². The zero-order valence-electron chi connectivity index (χ0n) is 12.9. The summed E-state index contributed by atoms with van der Waals surface area (Å²) in [6, 6.07) is 0. The van der Waals surface area contributed by atoms with E-state index in [1.807, 2.05) is 0 Å². The van der Waals surface area contributed by atoms with Crippen LogP contribution in [0.4, 0.5) is 0 Å². The van der Waals surface area contributed by atoms with Gasteiger partial charge in [0.25, 0.3) is 0 Å². The third-order valence-corrected chi connectivity index (χ3v) is 4.59. The minimum absolute atomic E-state index is 1.04. The van der Waals surface area contributed by atoms with Gasteiger partial charge in [0.2, 0.25) is 5.79 Å². The second-order valence-electron chi connectivity index (χ2n) is 6.11. The van der Waals surface area contributed by atoms with Crippen LogP contribution < -0.4 is 0 Å². The summed E-state index contributed by atoms with van der Waals surface area (Å²) in [6.07, 6.45) is -13.8. The van der Waals surface area contributed by atoms with Gasteiger partial charge in [-0.1, -0.05) is 5.11 Å². The minimum atomic E-state index is -2.76. The van der Waals surface area contributed by atoms with Crippen molar-refractivity contribution in [3.8, 4) is 0 Å². The van der Waals surface area contributed by atoms with E-state index in [0.717, 1.165) is 6.92 Å². The van der Waals surface area contributed by atoms with Gasteiger partial charge in [-0.05, 0) is 19.4 Å². The van der Waals surface area contributed by atoms with E-state index >= 15 is 0 Å². The number of nitrogens with zero attached hydrogens (tertiary/aromatic N) is 3. The van der Waals surface area contributed by atoms with Crippen molar-refractivity contribution < 1.29 is 45.2 Å². The largest absolute Gasteiger partial charge is 0.388 e. The first-order chi connectivity index (χ1) is 11.0. The van der Waals surface area contributed by atoms with Crippen LogP contribution in [0.2, 0.25) is 0 Å². The van der Waals surface area contributed by atoms with Crippen molar-refractivity contribution in [2.75, 3.05) is 0 Å². The Morgan fingerprint density at radius 2 is 1.54 bits per heavy atom. The highest BCUT2D eigenvalue weighted by atomic mass is 16.7. The van der Waals surface area contributed by atoms with E-state index in [0.29, 0.717) is 0 Å². The van der Waals surface area contributed by atoms with Crippen molar-refractivity contribution in [1.29, 1.82) is 0 Å². The van der Waals surface area contributed by atoms with Gasteiger partial charge in [-0.15, -0.1) is 0 Å². The summed E-state index contributed by atoms with van der Waals surface area (Å²) in [7, 11) is 0. The SMILES string of the molecule is C[C@H]1OC(C2(O)O[C@H](C)[C@](O)(N=[N+]=[N-])[C@H](O)[C@@H]2O)[C@@H](O)[C@@H](O)[C@@H]1O. The molecule has 0 aliphatic carbocycles. The van der Waals surface area contributed by atoms with E-state index in [1.54, 1.807) is 0 Å². The lowest BCUT2D eigenvalue weighted by molar-refractivity contribution is -0.414. The van der Waals surface area contributed by atoms with Gasteiger partial charge >= 0.3 is 0 Å². The Morgan fingerprint density at radius 1 is 0.958 bits per heavy atom. The Labute approximate surface area is 136 Å². The fourth-order valence-electron chi connectivity index (χ4n) is 2.98. The fraction of sp³-hybridized carbons (Fsp3) is 1.00. The molecule has 2 rings (SSSR count). The van der Waals surface area contributed by atoms with E-state index in [9.17, 15) is 35.7 Å². The van der Waals surface area contributed by atoms with Crippen LogP contribution in [0.1, 0.15) is 13.8 Å². The molecule has 2 aliphatic heterocycles. The first-order valence-corrected chi connectivity index (χ1v) is 7.25. The summed E-state index contributed by atoms with van der Waals surface area (Å²) in [6.45, 7) is 2.50. The van der Waals surface area contributed by atoms with Crippen molar-refractivity contribution in [3.05, 3.63) is 10.4 Å². The summed E-state index contributed by atoms with van der Waals surface area (Å²) in [5, 5.41) is 73.6. The van der Waals surface area contributed by atoms with E-state index in [4.69, 9.17) is 15.0 Å². The lowest BCUT2D eigenvalue weighted by atomic mass is 9.81. The minimum Gasteiger partial charge on any atom is -0.388 e. The number of hydrogen-bond donors (Lipinski definition) is 7. The average molecular weight is 351 g/mol. The number of ether oxygens (including phenoxy) is 2. The van der Waals surface area contributed by atoms with Crippen molar-refractivity contribution in [3.63, 3.8) is 0 Å². The standard InChI is InChI=1S/C12H21N3O9/c1-3-5(16)6(17)7(18)10(23-3)12(22)9(20)8(19)11(21,14-15-13)4(2)24-12/h3-10,16-22H,1-2H3/t3-,4-,5-,6+,7+,8-,9+,10?,11-,12?/m1/s1. The molecule has 0 aromatic carbocycles. The van der Waals surface area contributed by atoms with Crippen molar-refractivity contribution in [2.45, 2.75) is 74.2 Å². The topological polar surface area (TPSA) is 209 Å². The molecule has 2 heterocycles. The molecule has 0 spiro atoms. The smallest absolute Gasteiger partial charge is 0.225 e. The number of azide groups is 1. The monoisotopic (exact) mass is 351 g/mol. The van der Waals surface area contributed by atoms with Crippen molar-refractivity contribution in [2.24, 2.45) is 5.11 Å². The van der Waals surface area contributed by atoms with Crippen LogP contribution in [-0.4, -0.2) is 96.1 Å². The molecule has 10 atom stereocenters. The highest BCUT2D eigenvalue weighted by Gasteiger charge is 2.65. The van der Waals surface area contributed by atoms with Crippen LogP contribution in [0.3, 0.4) is 0 Å². The molecular weight excluding hydrogens is 330 g/mol. The van der Waals surface area contributed by atoms with Gasteiger partial charge in [-0.3, -0.25) is 0 Å². The molecule has 0 saturated carbocycles. The second-order valence-corrected chi connectivity index (χ2v) is 6.11. The van der Waals surface area contributed by atoms with Gasteiger partial charge in [0.1, 0.15) is 36.6 Å². The highest BCUT2D eigenvalue weighted by molar-refractivity contribution is 5.09. The molecule has 0 radical (unpaired) electrons. The molecule has 2 saturated heterocycles. The number of rotatable bonds is 2. The first kappa shape index (κ1) is 19.3. The second kappa shape index (κ2) is 6.35. The van der Waals surface area contributed by atoms with Gasteiger partial charge in [-0.2, -0.15) is 0 Å². The summed E-state index contributed by atoms with van der Waals surface area (Å²) < 4.78 is 10.3. The van der Waals surface area contributed by atoms with E-state index in [-0.39, 0.29) is 0 Å². The van der Waals surface area contributed by atoms with Gasteiger partial charge in [0, 0.05) is 4.91 Å². The summed E-state index contributed by atoms with van der Waals surface area (Å²) in [4.78, 5) is 2.36. The zero-order chi connectivity index (χ0) is 18.4. The predicted octanol–water partition coefficient (Wildman–Crippen LogP) is -3.32. The normalized spacial score (nSPS) is 55.7. The van der Waals surface area contributed by atoms with Crippen LogP contribution in [0.5, 0.6) is 0 Å². The average Bonchev–Trinajstić information content (AvgIpc) is 2.53. The molecule has 12 nitrogen and oxygen atoms in total. The van der Waals surface area contributed by atoms with Crippen molar-refractivity contribution >= 4 is 0 Å². The molecule has 0 amide bonds. The molecule has 2 aliphatic rings. The van der Waals surface area contributed by atoms with Crippen LogP contribution >= 0.6 is 0 Å². The Kier molecular flexibility index (Phi) is 5.10. The lowest BCUT2D eigenvalue weighted by Gasteiger charge is -2.54. The maximum atomic E-state index is 10.6. The third kappa shape index (κ3) is 2.66. The quantitative estimate of drug-likeness (QED) is 0.150. The molecule has 7 N–H and O–H groups in total. The molecule has 24 heavy (non-hydrogen) atoms.